The number of nitriles is 1. The van der Waals surface area contributed by atoms with E-state index in [1.165, 1.54) is 12.1 Å². The number of nitrogens with zero attached hydrogens (tertiary/aromatic N) is 3. The van der Waals surface area contributed by atoms with Crippen molar-refractivity contribution in [1.82, 2.24) is 9.80 Å². The summed E-state index contributed by atoms with van der Waals surface area (Å²) in [6, 6.07) is 21.2. The normalized spacial score (nSPS) is 14.4. The quantitative estimate of drug-likeness (QED) is 0.567. The average molecular weight is 489 g/mol. The van der Waals surface area contributed by atoms with Crippen LogP contribution >= 0.6 is 0 Å². The first kappa shape index (κ1) is 24.5. The molecule has 7 nitrogen and oxygen atoms in total. The van der Waals surface area contributed by atoms with Crippen molar-refractivity contribution in [3.05, 3.63) is 94.5 Å². The summed E-state index contributed by atoms with van der Waals surface area (Å²) < 4.78 is 28.2. The number of benzene rings is 3. The molecule has 1 aliphatic rings. The van der Waals surface area contributed by atoms with E-state index in [2.05, 4.69) is 15.7 Å². The van der Waals surface area contributed by atoms with Gasteiger partial charge in [-0.15, -0.1) is 0 Å². The van der Waals surface area contributed by atoms with Crippen LogP contribution in [-0.4, -0.2) is 50.3 Å². The molecule has 0 unspecified atom stereocenters. The number of hydrogen-bond acceptors (Lipinski definition) is 5. The van der Waals surface area contributed by atoms with Gasteiger partial charge in [0.1, 0.15) is 0 Å². The lowest BCUT2D eigenvalue weighted by atomic mass is 10.1. The third kappa shape index (κ3) is 5.88. The molecule has 1 amide bonds. The Labute approximate surface area is 206 Å². The lowest BCUT2D eigenvalue weighted by Crippen LogP contribution is -2.48. The first-order valence-electron chi connectivity index (χ1n) is 11.5. The van der Waals surface area contributed by atoms with E-state index in [1.54, 1.807) is 29.2 Å². The predicted octanol–water partition coefficient (Wildman–Crippen LogP) is 3.93. The number of aryl methyl sites for hydroxylation is 2. The Hall–Kier alpha value is -3.67. The van der Waals surface area contributed by atoms with Crippen molar-refractivity contribution in [2.24, 2.45) is 0 Å². The third-order valence-corrected chi connectivity index (χ3v) is 7.72. The van der Waals surface area contributed by atoms with E-state index < -0.39 is 10.0 Å². The lowest BCUT2D eigenvalue weighted by Gasteiger charge is -2.34. The molecule has 4 rings (SSSR count). The van der Waals surface area contributed by atoms with Crippen molar-refractivity contribution >= 4 is 21.6 Å². The van der Waals surface area contributed by atoms with Gasteiger partial charge < -0.3 is 4.90 Å². The molecule has 1 fully saturated rings. The van der Waals surface area contributed by atoms with Crippen LogP contribution in [0.25, 0.3) is 0 Å². The zero-order chi connectivity index (χ0) is 25.0. The summed E-state index contributed by atoms with van der Waals surface area (Å²) in [5, 5.41) is 8.93. The maximum Gasteiger partial charge on any atom is 0.261 e. The molecule has 0 spiro atoms. The maximum absolute atomic E-state index is 13.0. The molecule has 0 aliphatic carbocycles. The van der Waals surface area contributed by atoms with Crippen molar-refractivity contribution in [1.29, 1.82) is 5.26 Å². The molecule has 0 aromatic heterocycles. The fourth-order valence-corrected chi connectivity index (χ4v) is 5.08. The van der Waals surface area contributed by atoms with Gasteiger partial charge >= 0.3 is 0 Å². The standard InChI is InChI=1S/C27H28N4O3S/c1-20-3-10-25(17-21(20)2)29-35(33,34)26-11-8-24(9-12-26)27(32)31-15-13-30(14-16-31)19-23-6-4-22(18-28)5-7-23/h3-12,17,29H,13-16,19H2,1-2H3. The Morgan fingerprint density at radius 1 is 0.914 bits per heavy atom. The van der Waals surface area contributed by atoms with Crippen LogP contribution in [-0.2, 0) is 16.6 Å². The summed E-state index contributed by atoms with van der Waals surface area (Å²) in [6.07, 6.45) is 0. The largest absolute Gasteiger partial charge is 0.336 e. The second-order valence-electron chi connectivity index (χ2n) is 8.81. The second kappa shape index (κ2) is 10.3. The van der Waals surface area contributed by atoms with E-state index in [-0.39, 0.29) is 10.8 Å². The molecular formula is C27H28N4O3S. The second-order valence-corrected chi connectivity index (χ2v) is 10.5. The molecule has 180 valence electrons. The van der Waals surface area contributed by atoms with E-state index in [0.29, 0.717) is 29.9 Å². The van der Waals surface area contributed by atoms with Crippen LogP contribution in [0.5, 0.6) is 0 Å². The molecule has 1 heterocycles. The summed E-state index contributed by atoms with van der Waals surface area (Å²) in [7, 11) is -3.75. The predicted molar refractivity (Wildman–Crippen MR) is 136 cm³/mol. The van der Waals surface area contributed by atoms with Crippen LogP contribution in [0.15, 0.2) is 71.6 Å². The molecule has 0 radical (unpaired) electrons. The van der Waals surface area contributed by atoms with E-state index in [4.69, 9.17) is 5.26 Å². The molecule has 35 heavy (non-hydrogen) atoms. The number of sulfonamides is 1. The fraction of sp³-hybridized carbons (Fsp3) is 0.259. The average Bonchev–Trinajstić information content (AvgIpc) is 2.87. The Kier molecular flexibility index (Phi) is 7.20. The SMILES string of the molecule is Cc1ccc(NS(=O)(=O)c2ccc(C(=O)N3CCN(Cc4ccc(C#N)cc4)CC3)cc2)cc1C. The number of hydrogen-bond donors (Lipinski definition) is 1. The highest BCUT2D eigenvalue weighted by Gasteiger charge is 2.23. The molecule has 3 aromatic rings. The van der Waals surface area contributed by atoms with Crippen LogP contribution < -0.4 is 4.72 Å². The molecule has 1 saturated heterocycles. The van der Waals surface area contributed by atoms with Crippen molar-refractivity contribution in [2.45, 2.75) is 25.3 Å². The van der Waals surface area contributed by atoms with Gasteiger partial charge in [-0.05, 0) is 79.1 Å². The maximum atomic E-state index is 13.0. The Bertz CT molecular complexity index is 1350. The highest BCUT2D eigenvalue weighted by molar-refractivity contribution is 7.92. The van der Waals surface area contributed by atoms with Crippen molar-refractivity contribution in [2.75, 3.05) is 30.9 Å². The number of rotatable bonds is 6. The van der Waals surface area contributed by atoms with Gasteiger partial charge in [0.05, 0.1) is 16.5 Å². The Morgan fingerprint density at radius 2 is 1.57 bits per heavy atom. The molecular weight excluding hydrogens is 460 g/mol. The summed E-state index contributed by atoms with van der Waals surface area (Å²) in [6.45, 7) is 7.37. The highest BCUT2D eigenvalue weighted by atomic mass is 32.2. The number of amides is 1. The lowest BCUT2D eigenvalue weighted by molar-refractivity contribution is 0.0628. The molecule has 0 atom stereocenters. The van der Waals surface area contributed by atoms with Gasteiger partial charge in [-0.25, -0.2) is 8.42 Å². The van der Waals surface area contributed by atoms with Crippen LogP contribution in [0.1, 0.15) is 32.6 Å². The minimum absolute atomic E-state index is 0.103. The molecule has 3 aromatic carbocycles. The van der Waals surface area contributed by atoms with Gasteiger partial charge in [0.2, 0.25) is 0 Å². The first-order chi connectivity index (χ1) is 16.7. The molecule has 8 heteroatoms. The van der Waals surface area contributed by atoms with Gasteiger partial charge in [0, 0.05) is 44.0 Å². The topological polar surface area (TPSA) is 93.5 Å². The fourth-order valence-electron chi connectivity index (χ4n) is 4.03. The van der Waals surface area contributed by atoms with E-state index >= 15 is 0 Å². The number of carbonyl (C=O) groups is 1. The van der Waals surface area contributed by atoms with Crippen molar-refractivity contribution in [3.8, 4) is 6.07 Å². The highest BCUT2D eigenvalue weighted by Crippen LogP contribution is 2.20. The summed E-state index contributed by atoms with van der Waals surface area (Å²) in [5.41, 5.74) is 4.84. The molecule has 0 saturated carbocycles. The Morgan fingerprint density at radius 3 is 2.17 bits per heavy atom. The third-order valence-electron chi connectivity index (χ3n) is 6.32. The van der Waals surface area contributed by atoms with Crippen LogP contribution in [0, 0.1) is 25.2 Å². The van der Waals surface area contributed by atoms with Gasteiger partial charge in [-0.2, -0.15) is 5.26 Å². The number of anilines is 1. The van der Waals surface area contributed by atoms with E-state index in [9.17, 15) is 13.2 Å². The Balaban J connectivity index is 1.34. The monoisotopic (exact) mass is 488 g/mol. The van der Waals surface area contributed by atoms with Gasteiger partial charge in [0.25, 0.3) is 15.9 Å². The van der Waals surface area contributed by atoms with Crippen molar-refractivity contribution in [3.63, 3.8) is 0 Å². The van der Waals surface area contributed by atoms with Gasteiger partial charge in [-0.3, -0.25) is 14.4 Å². The zero-order valence-corrected chi connectivity index (χ0v) is 20.7. The minimum Gasteiger partial charge on any atom is -0.336 e. The number of carbonyl (C=O) groups excluding carboxylic acids is 1. The van der Waals surface area contributed by atoms with E-state index in [1.807, 2.05) is 44.2 Å². The van der Waals surface area contributed by atoms with Crippen LogP contribution in [0.2, 0.25) is 0 Å². The molecule has 1 aliphatic heterocycles. The van der Waals surface area contributed by atoms with Gasteiger partial charge in [0.15, 0.2) is 0 Å². The van der Waals surface area contributed by atoms with E-state index in [0.717, 1.165) is 36.3 Å². The molecule has 0 bridgehead atoms. The number of piperazine rings is 1. The van der Waals surface area contributed by atoms with Crippen LogP contribution in [0.3, 0.4) is 0 Å². The van der Waals surface area contributed by atoms with Gasteiger partial charge in [-0.1, -0.05) is 18.2 Å². The van der Waals surface area contributed by atoms with Crippen molar-refractivity contribution < 1.29 is 13.2 Å². The van der Waals surface area contributed by atoms with Crippen LogP contribution in [0.4, 0.5) is 5.69 Å². The smallest absolute Gasteiger partial charge is 0.261 e. The summed E-state index contributed by atoms with van der Waals surface area (Å²) >= 11 is 0. The first-order valence-corrected chi connectivity index (χ1v) is 12.9. The zero-order valence-electron chi connectivity index (χ0n) is 19.9. The summed E-state index contributed by atoms with van der Waals surface area (Å²) in [5.74, 6) is -0.103. The minimum atomic E-state index is -3.75. The molecule has 1 N–H and O–H groups in total. The summed E-state index contributed by atoms with van der Waals surface area (Å²) in [4.78, 5) is 17.2. The number of nitrogens with one attached hydrogen (secondary N) is 1.